The molecule has 0 bridgehead atoms. The number of benzene rings is 1. The lowest BCUT2D eigenvalue weighted by Gasteiger charge is -2.07. The highest BCUT2D eigenvalue weighted by Gasteiger charge is 2.09. The lowest BCUT2D eigenvalue weighted by molar-refractivity contribution is -0.134. The molecule has 1 N–H and O–H groups in total. The molecule has 0 spiro atoms. The third-order valence-corrected chi connectivity index (χ3v) is 2.63. The summed E-state index contributed by atoms with van der Waals surface area (Å²) in [5.41, 5.74) is 0.463. The lowest BCUT2D eigenvalue weighted by Crippen LogP contribution is -1.94. The standard InChI is InChI=1S/C11H11BrO4/c1-15-9-5-4-8(12)7(11(9)14)3-6-10(13)16-2/h3-6,14H,1-2H3. The first-order valence-corrected chi connectivity index (χ1v) is 5.21. The molecular weight excluding hydrogens is 276 g/mol. The number of ether oxygens (including phenoxy) is 2. The van der Waals surface area contributed by atoms with E-state index in [0.717, 1.165) is 0 Å². The number of methoxy groups -OCH3 is 2. The van der Waals surface area contributed by atoms with E-state index in [0.29, 0.717) is 15.8 Å². The van der Waals surface area contributed by atoms with Crippen molar-refractivity contribution in [2.75, 3.05) is 14.2 Å². The zero-order valence-corrected chi connectivity index (χ0v) is 10.4. The van der Waals surface area contributed by atoms with Gasteiger partial charge in [-0.25, -0.2) is 4.79 Å². The SMILES string of the molecule is COC(=O)C=Cc1c(Br)ccc(OC)c1O. The smallest absolute Gasteiger partial charge is 0.330 e. The molecule has 1 rings (SSSR count). The van der Waals surface area contributed by atoms with Crippen LogP contribution < -0.4 is 4.74 Å². The van der Waals surface area contributed by atoms with Gasteiger partial charge in [0.1, 0.15) is 0 Å². The summed E-state index contributed by atoms with van der Waals surface area (Å²) in [5.74, 6) is -0.182. The first-order valence-electron chi connectivity index (χ1n) is 4.41. The van der Waals surface area contributed by atoms with E-state index in [4.69, 9.17) is 4.74 Å². The van der Waals surface area contributed by atoms with E-state index in [1.54, 1.807) is 12.1 Å². The molecule has 1 aromatic carbocycles. The Morgan fingerprint density at radius 2 is 2.12 bits per heavy atom. The Balaban J connectivity index is 3.12. The predicted octanol–water partition coefficient (Wildman–Crippen LogP) is 2.35. The van der Waals surface area contributed by atoms with E-state index in [2.05, 4.69) is 20.7 Å². The fourth-order valence-electron chi connectivity index (χ4n) is 1.11. The van der Waals surface area contributed by atoms with Crippen molar-refractivity contribution < 1.29 is 19.4 Å². The fourth-order valence-corrected chi connectivity index (χ4v) is 1.56. The maximum Gasteiger partial charge on any atom is 0.330 e. The molecular formula is C11H11BrO4. The quantitative estimate of drug-likeness (QED) is 0.685. The maximum absolute atomic E-state index is 10.9. The van der Waals surface area contributed by atoms with Gasteiger partial charge in [-0.2, -0.15) is 0 Å². The van der Waals surface area contributed by atoms with E-state index in [1.165, 1.54) is 26.4 Å². The lowest BCUT2D eigenvalue weighted by atomic mass is 10.1. The Bertz CT molecular complexity index is 426. The summed E-state index contributed by atoms with van der Waals surface area (Å²) in [4.78, 5) is 10.9. The average Bonchev–Trinajstić information content (AvgIpc) is 2.28. The number of esters is 1. The van der Waals surface area contributed by atoms with Gasteiger partial charge in [-0.1, -0.05) is 15.9 Å². The van der Waals surface area contributed by atoms with Crippen molar-refractivity contribution in [1.29, 1.82) is 0 Å². The van der Waals surface area contributed by atoms with Gasteiger partial charge >= 0.3 is 5.97 Å². The summed E-state index contributed by atoms with van der Waals surface area (Å²) in [7, 11) is 2.74. The highest BCUT2D eigenvalue weighted by molar-refractivity contribution is 9.10. The zero-order chi connectivity index (χ0) is 12.1. The van der Waals surface area contributed by atoms with Crippen LogP contribution in [0.25, 0.3) is 6.08 Å². The summed E-state index contributed by atoms with van der Waals surface area (Å²) in [6, 6.07) is 3.34. The number of phenolic OH excluding ortho intramolecular Hbond substituents is 1. The van der Waals surface area contributed by atoms with Crippen molar-refractivity contribution in [1.82, 2.24) is 0 Å². The Hall–Kier alpha value is -1.49. The van der Waals surface area contributed by atoms with Crippen LogP contribution in [0, 0.1) is 0 Å². The molecule has 0 saturated heterocycles. The van der Waals surface area contributed by atoms with E-state index in [-0.39, 0.29) is 5.75 Å². The minimum atomic E-state index is -0.492. The number of carbonyl (C=O) groups is 1. The molecule has 0 aromatic heterocycles. The fraction of sp³-hybridized carbons (Fsp3) is 0.182. The van der Waals surface area contributed by atoms with Crippen LogP contribution in [0.2, 0.25) is 0 Å². The number of rotatable bonds is 3. The molecule has 0 unspecified atom stereocenters. The summed E-state index contributed by atoms with van der Waals surface area (Å²) in [6.45, 7) is 0. The van der Waals surface area contributed by atoms with Crippen molar-refractivity contribution in [3.8, 4) is 11.5 Å². The van der Waals surface area contributed by atoms with Crippen LogP contribution in [0.1, 0.15) is 5.56 Å². The summed E-state index contributed by atoms with van der Waals surface area (Å²) in [6.07, 6.45) is 2.67. The molecule has 4 nitrogen and oxygen atoms in total. The van der Waals surface area contributed by atoms with Gasteiger partial charge < -0.3 is 14.6 Å². The average molecular weight is 287 g/mol. The minimum Gasteiger partial charge on any atom is -0.504 e. The van der Waals surface area contributed by atoms with Gasteiger partial charge in [0.25, 0.3) is 0 Å². The predicted molar refractivity (Wildman–Crippen MR) is 63.4 cm³/mol. The maximum atomic E-state index is 10.9. The molecule has 0 aliphatic heterocycles. The van der Waals surface area contributed by atoms with E-state index < -0.39 is 5.97 Å². The van der Waals surface area contributed by atoms with Crippen LogP contribution in [-0.2, 0) is 9.53 Å². The first kappa shape index (κ1) is 12.6. The molecule has 0 heterocycles. The third kappa shape index (κ3) is 2.76. The summed E-state index contributed by atoms with van der Waals surface area (Å²) < 4.78 is 10.1. The Kier molecular flexibility index (Phi) is 4.37. The van der Waals surface area contributed by atoms with E-state index in [9.17, 15) is 9.90 Å². The van der Waals surface area contributed by atoms with Crippen LogP contribution in [0.5, 0.6) is 11.5 Å². The molecule has 1 aromatic rings. The van der Waals surface area contributed by atoms with Gasteiger partial charge in [0, 0.05) is 16.1 Å². The van der Waals surface area contributed by atoms with Crippen molar-refractivity contribution in [3.05, 3.63) is 28.2 Å². The molecule has 0 radical (unpaired) electrons. The number of phenols is 1. The number of aromatic hydroxyl groups is 1. The molecule has 0 aliphatic rings. The topological polar surface area (TPSA) is 55.8 Å². The second kappa shape index (κ2) is 5.55. The molecule has 0 atom stereocenters. The number of halogens is 1. The number of carbonyl (C=O) groups excluding carboxylic acids is 1. The third-order valence-electron chi connectivity index (χ3n) is 1.93. The highest BCUT2D eigenvalue weighted by Crippen LogP contribution is 2.35. The second-order valence-electron chi connectivity index (χ2n) is 2.87. The van der Waals surface area contributed by atoms with Crippen LogP contribution in [0.15, 0.2) is 22.7 Å². The molecule has 86 valence electrons. The normalized spacial score (nSPS) is 10.4. The van der Waals surface area contributed by atoms with Gasteiger partial charge in [0.2, 0.25) is 0 Å². The van der Waals surface area contributed by atoms with Crippen LogP contribution in [0.4, 0.5) is 0 Å². The van der Waals surface area contributed by atoms with Gasteiger partial charge in [-0.3, -0.25) is 0 Å². The molecule has 16 heavy (non-hydrogen) atoms. The number of hydrogen-bond acceptors (Lipinski definition) is 4. The van der Waals surface area contributed by atoms with Crippen LogP contribution >= 0.6 is 15.9 Å². The Morgan fingerprint density at radius 1 is 1.44 bits per heavy atom. The molecule has 0 saturated carbocycles. The van der Waals surface area contributed by atoms with E-state index in [1.807, 2.05) is 0 Å². The summed E-state index contributed by atoms with van der Waals surface area (Å²) >= 11 is 3.26. The second-order valence-corrected chi connectivity index (χ2v) is 3.72. The molecule has 0 amide bonds. The van der Waals surface area contributed by atoms with Crippen molar-refractivity contribution in [2.24, 2.45) is 0 Å². The molecule has 5 heteroatoms. The first-order chi connectivity index (χ1) is 7.60. The van der Waals surface area contributed by atoms with E-state index >= 15 is 0 Å². The highest BCUT2D eigenvalue weighted by atomic mass is 79.9. The van der Waals surface area contributed by atoms with Crippen LogP contribution in [-0.4, -0.2) is 25.3 Å². The summed E-state index contributed by atoms with van der Waals surface area (Å²) in [5, 5.41) is 9.80. The zero-order valence-electron chi connectivity index (χ0n) is 8.86. The minimum absolute atomic E-state index is 0.0305. The largest absolute Gasteiger partial charge is 0.504 e. The van der Waals surface area contributed by atoms with Gasteiger partial charge in [0.15, 0.2) is 11.5 Å². The van der Waals surface area contributed by atoms with Crippen molar-refractivity contribution in [2.45, 2.75) is 0 Å². The van der Waals surface area contributed by atoms with Crippen molar-refractivity contribution in [3.63, 3.8) is 0 Å². The van der Waals surface area contributed by atoms with Crippen LogP contribution in [0.3, 0.4) is 0 Å². The number of hydrogen-bond donors (Lipinski definition) is 1. The van der Waals surface area contributed by atoms with Gasteiger partial charge in [-0.15, -0.1) is 0 Å². The van der Waals surface area contributed by atoms with Gasteiger partial charge in [0.05, 0.1) is 14.2 Å². The van der Waals surface area contributed by atoms with Crippen molar-refractivity contribution >= 4 is 28.0 Å². The Labute approximate surface area is 102 Å². The monoisotopic (exact) mass is 286 g/mol. The van der Waals surface area contributed by atoms with Gasteiger partial charge in [-0.05, 0) is 18.2 Å². The molecule has 0 fully saturated rings. The molecule has 0 aliphatic carbocycles. The Morgan fingerprint density at radius 3 is 2.69 bits per heavy atom.